The lowest BCUT2D eigenvalue weighted by Crippen LogP contribution is -2.21. The van der Waals surface area contributed by atoms with Crippen LogP contribution >= 0.6 is 11.6 Å². The van der Waals surface area contributed by atoms with Gasteiger partial charge in [-0.3, -0.25) is 0 Å². The number of halogens is 1. The number of benzene rings is 1. The molecule has 1 aromatic carbocycles. The van der Waals surface area contributed by atoms with Gasteiger partial charge >= 0.3 is 0 Å². The van der Waals surface area contributed by atoms with Crippen LogP contribution in [-0.4, -0.2) is 5.11 Å². The predicted molar refractivity (Wildman–Crippen MR) is 63.8 cm³/mol. The lowest BCUT2D eigenvalue weighted by atomic mass is 10.2. The van der Waals surface area contributed by atoms with Crippen molar-refractivity contribution in [2.45, 2.75) is 0 Å². The molecule has 0 aliphatic heterocycles. The van der Waals surface area contributed by atoms with Gasteiger partial charge in [-0.1, -0.05) is 11.6 Å². The zero-order valence-electron chi connectivity index (χ0n) is 8.39. The molecular formula is C13H9ClNO+. The van der Waals surface area contributed by atoms with Crippen molar-refractivity contribution < 1.29 is 9.51 Å². The second kappa shape index (κ2) is 3.35. The molecule has 2 nitrogen and oxygen atoms in total. The summed E-state index contributed by atoms with van der Waals surface area (Å²) in [6.45, 7) is 0. The van der Waals surface area contributed by atoms with Crippen LogP contribution in [0.15, 0.2) is 48.7 Å². The third-order valence-electron chi connectivity index (χ3n) is 2.67. The zero-order valence-corrected chi connectivity index (χ0v) is 9.15. The third kappa shape index (κ3) is 1.31. The van der Waals surface area contributed by atoms with E-state index >= 15 is 0 Å². The van der Waals surface area contributed by atoms with Gasteiger partial charge in [0, 0.05) is 23.2 Å². The number of hydrogen-bond acceptors (Lipinski definition) is 1. The summed E-state index contributed by atoms with van der Waals surface area (Å²) in [5.74, 6) is 0.253. The van der Waals surface area contributed by atoms with E-state index < -0.39 is 0 Å². The first kappa shape index (κ1) is 9.43. The molecule has 0 saturated heterocycles. The third-order valence-corrected chi connectivity index (χ3v) is 2.91. The van der Waals surface area contributed by atoms with Crippen molar-refractivity contribution in [2.75, 3.05) is 0 Å². The number of pyridine rings is 2. The average Bonchev–Trinajstić information content (AvgIpc) is 2.29. The van der Waals surface area contributed by atoms with Crippen LogP contribution < -0.4 is 4.40 Å². The zero-order chi connectivity index (χ0) is 11.1. The van der Waals surface area contributed by atoms with Crippen molar-refractivity contribution in [1.82, 2.24) is 0 Å². The van der Waals surface area contributed by atoms with E-state index in [0.29, 0.717) is 5.02 Å². The van der Waals surface area contributed by atoms with Gasteiger partial charge in [0.1, 0.15) is 5.75 Å². The monoisotopic (exact) mass is 230 g/mol. The number of hydrogen-bond donors (Lipinski definition) is 1. The van der Waals surface area contributed by atoms with Crippen molar-refractivity contribution in [1.29, 1.82) is 0 Å². The molecule has 3 heteroatoms. The van der Waals surface area contributed by atoms with Gasteiger partial charge in [-0.05, 0) is 18.2 Å². The van der Waals surface area contributed by atoms with E-state index in [1.165, 1.54) is 0 Å². The minimum Gasteiger partial charge on any atom is -0.507 e. The van der Waals surface area contributed by atoms with Crippen LogP contribution in [0.25, 0.3) is 16.4 Å². The number of nitrogens with zero attached hydrogens (tertiary/aromatic N) is 1. The molecule has 3 aromatic rings. The molecule has 0 radical (unpaired) electrons. The molecule has 78 valence electrons. The number of aromatic hydroxyl groups is 1. The molecular weight excluding hydrogens is 222 g/mol. The Hall–Kier alpha value is -1.80. The van der Waals surface area contributed by atoms with E-state index in [9.17, 15) is 5.11 Å². The summed E-state index contributed by atoms with van der Waals surface area (Å²) < 4.78 is 2.02. The summed E-state index contributed by atoms with van der Waals surface area (Å²) in [7, 11) is 0. The summed E-state index contributed by atoms with van der Waals surface area (Å²) in [5, 5.41) is 11.3. The Kier molecular flexibility index (Phi) is 1.98. The molecule has 16 heavy (non-hydrogen) atoms. The Morgan fingerprint density at radius 2 is 1.94 bits per heavy atom. The maximum Gasteiger partial charge on any atom is 0.222 e. The Labute approximate surface area is 97.3 Å². The van der Waals surface area contributed by atoms with Crippen molar-refractivity contribution in [3.63, 3.8) is 0 Å². The SMILES string of the molecule is Oc1cc2cccc[n+]2c2ccc(Cl)cc12. The number of fused-ring (bicyclic) bond motifs is 3. The average molecular weight is 231 g/mol. The topological polar surface area (TPSA) is 24.3 Å². The molecule has 2 heterocycles. The van der Waals surface area contributed by atoms with Crippen molar-refractivity contribution in [3.8, 4) is 5.75 Å². The highest BCUT2D eigenvalue weighted by Gasteiger charge is 2.12. The van der Waals surface area contributed by atoms with Crippen LogP contribution in [0.5, 0.6) is 5.75 Å². The van der Waals surface area contributed by atoms with Crippen LogP contribution in [0.3, 0.4) is 0 Å². The second-order valence-corrected chi connectivity index (χ2v) is 4.12. The highest BCUT2D eigenvalue weighted by Crippen LogP contribution is 2.26. The summed E-state index contributed by atoms with van der Waals surface area (Å²) in [6.07, 6.45) is 1.96. The van der Waals surface area contributed by atoms with E-state index in [1.807, 2.05) is 40.9 Å². The first-order chi connectivity index (χ1) is 7.75. The smallest absolute Gasteiger partial charge is 0.222 e. The Morgan fingerprint density at radius 3 is 2.81 bits per heavy atom. The van der Waals surface area contributed by atoms with Gasteiger partial charge in [-0.25, -0.2) is 0 Å². The van der Waals surface area contributed by atoms with E-state index in [0.717, 1.165) is 16.4 Å². The normalized spacial score (nSPS) is 11.1. The number of rotatable bonds is 0. The highest BCUT2D eigenvalue weighted by atomic mass is 35.5. The quantitative estimate of drug-likeness (QED) is 0.466. The van der Waals surface area contributed by atoms with Crippen molar-refractivity contribution in [3.05, 3.63) is 53.7 Å². The molecule has 2 aromatic heterocycles. The minimum atomic E-state index is 0.253. The molecule has 0 saturated carbocycles. The fourth-order valence-corrected chi connectivity index (χ4v) is 2.11. The molecule has 0 bridgehead atoms. The maximum absolute atomic E-state index is 9.92. The van der Waals surface area contributed by atoms with Crippen LogP contribution in [0.1, 0.15) is 0 Å². The molecule has 1 N–H and O–H groups in total. The fourth-order valence-electron chi connectivity index (χ4n) is 1.93. The Morgan fingerprint density at radius 1 is 1.06 bits per heavy atom. The molecule has 0 amide bonds. The minimum absolute atomic E-state index is 0.253. The van der Waals surface area contributed by atoms with Gasteiger partial charge in [0.2, 0.25) is 11.0 Å². The van der Waals surface area contributed by atoms with Crippen LogP contribution in [-0.2, 0) is 0 Å². The first-order valence-electron chi connectivity index (χ1n) is 4.97. The van der Waals surface area contributed by atoms with Gasteiger partial charge in [-0.15, -0.1) is 0 Å². The van der Waals surface area contributed by atoms with Crippen LogP contribution in [0, 0.1) is 0 Å². The van der Waals surface area contributed by atoms with Gasteiger partial charge in [-0.2, -0.15) is 4.40 Å². The van der Waals surface area contributed by atoms with Crippen molar-refractivity contribution >= 4 is 28.0 Å². The maximum atomic E-state index is 9.92. The lowest BCUT2D eigenvalue weighted by Gasteiger charge is -2.00. The summed E-state index contributed by atoms with van der Waals surface area (Å²) in [6, 6.07) is 13.1. The molecule has 0 atom stereocenters. The molecule has 0 aliphatic carbocycles. The number of aromatic nitrogens is 1. The van der Waals surface area contributed by atoms with Gasteiger partial charge in [0.05, 0.1) is 11.5 Å². The molecule has 0 spiro atoms. The Balaban J connectivity index is 2.59. The van der Waals surface area contributed by atoms with E-state index in [2.05, 4.69) is 0 Å². The van der Waals surface area contributed by atoms with Crippen LogP contribution in [0.2, 0.25) is 5.02 Å². The predicted octanol–water partition coefficient (Wildman–Crippen LogP) is 2.94. The summed E-state index contributed by atoms with van der Waals surface area (Å²) >= 11 is 5.92. The van der Waals surface area contributed by atoms with Gasteiger partial charge in [0.25, 0.3) is 0 Å². The first-order valence-corrected chi connectivity index (χ1v) is 5.35. The largest absolute Gasteiger partial charge is 0.507 e. The van der Waals surface area contributed by atoms with E-state index in [4.69, 9.17) is 11.6 Å². The molecule has 0 fully saturated rings. The van der Waals surface area contributed by atoms with E-state index in [1.54, 1.807) is 12.1 Å². The molecule has 0 aliphatic rings. The standard InChI is InChI=1S/C13H8ClNO/c14-9-4-5-12-11(7-9)13(16)8-10-3-1-2-6-15(10)12/h1-8H/p+1. The Bertz CT molecular complexity index is 694. The van der Waals surface area contributed by atoms with Crippen molar-refractivity contribution in [2.24, 2.45) is 0 Å². The van der Waals surface area contributed by atoms with Gasteiger partial charge < -0.3 is 5.11 Å². The molecule has 0 unspecified atom stereocenters. The highest BCUT2D eigenvalue weighted by molar-refractivity contribution is 6.31. The summed E-state index contributed by atoms with van der Waals surface area (Å²) in [4.78, 5) is 0. The lowest BCUT2D eigenvalue weighted by molar-refractivity contribution is -0.481. The summed E-state index contributed by atoms with van der Waals surface area (Å²) in [5.41, 5.74) is 1.90. The van der Waals surface area contributed by atoms with E-state index in [-0.39, 0.29) is 5.75 Å². The fraction of sp³-hybridized carbons (Fsp3) is 0. The second-order valence-electron chi connectivity index (χ2n) is 3.69. The van der Waals surface area contributed by atoms with Crippen LogP contribution in [0.4, 0.5) is 0 Å². The van der Waals surface area contributed by atoms with Gasteiger partial charge in [0.15, 0.2) is 6.20 Å². The molecule has 3 rings (SSSR count).